The first-order valence-electron chi connectivity index (χ1n) is 6.48. The molecular weight excluding hydrogens is 310 g/mol. The summed E-state index contributed by atoms with van der Waals surface area (Å²) in [6, 6.07) is 11.5. The van der Waals surface area contributed by atoms with Gasteiger partial charge in [-0.05, 0) is 35.7 Å². The number of aliphatic hydroxyl groups is 1. The molecule has 0 spiro atoms. The zero-order valence-electron chi connectivity index (χ0n) is 11.5. The van der Waals surface area contributed by atoms with E-state index in [9.17, 15) is 8.42 Å². The number of rotatable bonds is 5. The minimum Gasteiger partial charge on any atom is -0.392 e. The molecule has 2 rings (SSSR count). The molecule has 0 fully saturated rings. The largest absolute Gasteiger partial charge is 0.392 e. The molecule has 0 aliphatic rings. The highest BCUT2D eigenvalue weighted by molar-refractivity contribution is 7.92. The van der Waals surface area contributed by atoms with Gasteiger partial charge in [-0.15, -0.1) is 0 Å². The maximum atomic E-state index is 12.4. The van der Waals surface area contributed by atoms with Crippen LogP contribution < -0.4 is 4.72 Å². The number of sulfonamides is 1. The third-order valence-corrected chi connectivity index (χ3v) is 4.86. The summed E-state index contributed by atoms with van der Waals surface area (Å²) in [6.07, 6.45) is 0.725. The minimum absolute atomic E-state index is 0.0654. The molecule has 0 saturated heterocycles. The molecule has 0 atom stereocenters. The topological polar surface area (TPSA) is 66.4 Å². The zero-order chi connectivity index (χ0) is 15.5. The Morgan fingerprint density at radius 3 is 2.48 bits per heavy atom. The lowest BCUT2D eigenvalue weighted by Crippen LogP contribution is -2.14. The summed E-state index contributed by atoms with van der Waals surface area (Å²) in [5, 5.41) is 9.29. The van der Waals surface area contributed by atoms with Crippen LogP contribution in [0.1, 0.15) is 18.1 Å². The Bertz CT molecular complexity index is 744. The van der Waals surface area contributed by atoms with Crippen LogP contribution in [0.3, 0.4) is 0 Å². The fourth-order valence-electron chi connectivity index (χ4n) is 1.96. The summed E-state index contributed by atoms with van der Waals surface area (Å²) >= 11 is 5.94. The molecule has 0 heterocycles. The summed E-state index contributed by atoms with van der Waals surface area (Å²) in [5.74, 6) is 0. The second-order valence-electron chi connectivity index (χ2n) is 4.53. The van der Waals surface area contributed by atoms with Gasteiger partial charge in [0, 0.05) is 5.02 Å². The molecule has 2 aromatic carbocycles. The van der Waals surface area contributed by atoms with E-state index < -0.39 is 10.0 Å². The van der Waals surface area contributed by atoms with Gasteiger partial charge < -0.3 is 5.11 Å². The molecule has 21 heavy (non-hydrogen) atoms. The number of hydrogen-bond donors (Lipinski definition) is 2. The summed E-state index contributed by atoms with van der Waals surface area (Å²) in [4.78, 5) is 0.0654. The third kappa shape index (κ3) is 3.56. The number of aryl methyl sites for hydroxylation is 1. The van der Waals surface area contributed by atoms with Crippen LogP contribution in [0.2, 0.25) is 5.02 Å². The predicted octanol–water partition coefficient (Wildman–Crippen LogP) is 3.20. The number of hydrogen-bond acceptors (Lipinski definition) is 3. The molecule has 112 valence electrons. The van der Waals surface area contributed by atoms with Crippen LogP contribution in [0.5, 0.6) is 0 Å². The van der Waals surface area contributed by atoms with Crippen LogP contribution in [0, 0.1) is 0 Å². The van der Waals surface area contributed by atoms with Crippen molar-refractivity contribution in [1.29, 1.82) is 0 Å². The first kappa shape index (κ1) is 15.8. The van der Waals surface area contributed by atoms with E-state index in [1.54, 1.807) is 12.1 Å². The normalized spacial score (nSPS) is 11.4. The Morgan fingerprint density at radius 1 is 1.14 bits per heavy atom. The Labute approximate surface area is 129 Å². The monoisotopic (exact) mass is 325 g/mol. The van der Waals surface area contributed by atoms with Gasteiger partial charge >= 0.3 is 0 Å². The summed E-state index contributed by atoms with van der Waals surface area (Å²) in [5.41, 5.74) is 1.96. The van der Waals surface area contributed by atoms with Gasteiger partial charge in [0.1, 0.15) is 0 Å². The van der Waals surface area contributed by atoms with Crippen LogP contribution in [0.4, 0.5) is 5.69 Å². The van der Waals surface area contributed by atoms with Crippen molar-refractivity contribution in [2.24, 2.45) is 0 Å². The van der Waals surface area contributed by atoms with Crippen LogP contribution in [0.15, 0.2) is 47.4 Å². The van der Waals surface area contributed by atoms with Crippen molar-refractivity contribution in [2.75, 3.05) is 4.72 Å². The smallest absolute Gasteiger partial charge is 0.261 e. The van der Waals surface area contributed by atoms with E-state index >= 15 is 0 Å². The van der Waals surface area contributed by atoms with E-state index in [4.69, 9.17) is 16.7 Å². The number of anilines is 1. The number of aliphatic hydroxyl groups excluding tert-OH is 1. The maximum Gasteiger partial charge on any atom is 0.261 e. The molecule has 0 unspecified atom stereocenters. The minimum atomic E-state index is -3.71. The van der Waals surface area contributed by atoms with Gasteiger partial charge in [0.2, 0.25) is 0 Å². The highest BCUT2D eigenvalue weighted by atomic mass is 35.5. The molecule has 0 bridgehead atoms. The molecule has 0 radical (unpaired) electrons. The second kappa shape index (κ2) is 6.47. The van der Waals surface area contributed by atoms with Crippen molar-refractivity contribution in [1.82, 2.24) is 0 Å². The standard InChI is InChI=1S/C15H16ClNO3S/c1-2-11-5-3-4-6-15(11)17-21(19,20)13-8-7-12(10-18)14(16)9-13/h3-9,17-18H,2,10H2,1H3. The Morgan fingerprint density at radius 2 is 1.86 bits per heavy atom. The average molecular weight is 326 g/mol. The van der Waals surface area contributed by atoms with Gasteiger partial charge in [-0.25, -0.2) is 8.42 Å². The van der Waals surface area contributed by atoms with Crippen molar-refractivity contribution in [3.63, 3.8) is 0 Å². The fourth-order valence-corrected chi connectivity index (χ4v) is 3.39. The molecule has 4 nitrogen and oxygen atoms in total. The van der Waals surface area contributed by atoms with Gasteiger partial charge in [-0.1, -0.05) is 42.8 Å². The van der Waals surface area contributed by atoms with Crippen molar-refractivity contribution in [3.8, 4) is 0 Å². The molecule has 0 aliphatic heterocycles. The summed E-state index contributed by atoms with van der Waals surface area (Å²) in [7, 11) is -3.71. The van der Waals surface area contributed by atoms with Gasteiger partial charge in [0.15, 0.2) is 0 Å². The van der Waals surface area contributed by atoms with Crippen LogP contribution >= 0.6 is 11.6 Å². The lowest BCUT2D eigenvalue weighted by atomic mass is 10.1. The molecule has 6 heteroatoms. The molecular formula is C15H16ClNO3S. The fraction of sp³-hybridized carbons (Fsp3) is 0.200. The SMILES string of the molecule is CCc1ccccc1NS(=O)(=O)c1ccc(CO)c(Cl)c1. The molecule has 2 N–H and O–H groups in total. The zero-order valence-corrected chi connectivity index (χ0v) is 13.1. The van der Waals surface area contributed by atoms with E-state index in [-0.39, 0.29) is 16.5 Å². The Hall–Kier alpha value is -1.56. The first-order valence-corrected chi connectivity index (χ1v) is 8.34. The molecule has 0 amide bonds. The third-order valence-electron chi connectivity index (χ3n) is 3.15. The van der Waals surface area contributed by atoms with Crippen molar-refractivity contribution in [3.05, 3.63) is 58.6 Å². The van der Waals surface area contributed by atoms with Crippen molar-refractivity contribution < 1.29 is 13.5 Å². The lowest BCUT2D eigenvalue weighted by molar-refractivity contribution is 0.282. The van der Waals surface area contributed by atoms with E-state index in [2.05, 4.69) is 4.72 Å². The van der Waals surface area contributed by atoms with E-state index in [1.165, 1.54) is 18.2 Å². The van der Waals surface area contributed by atoms with Crippen molar-refractivity contribution >= 4 is 27.3 Å². The number of halogens is 1. The molecule has 0 aromatic heterocycles. The van der Waals surface area contributed by atoms with Crippen molar-refractivity contribution in [2.45, 2.75) is 24.8 Å². The molecule has 0 saturated carbocycles. The molecule has 2 aromatic rings. The van der Waals surface area contributed by atoms with Crippen LogP contribution in [-0.2, 0) is 23.1 Å². The maximum absolute atomic E-state index is 12.4. The van der Waals surface area contributed by atoms with E-state index in [1.807, 2.05) is 19.1 Å². The first-order chi connectivity index (χ1) is 9.97. The van der Waals surface area contributed by atoms with E-state index in [0.29, 0.717) is 11.3 Å². The van der Waals surface area contributed by atoms with E-state index in [0.717, 1.165) is 12.0 Å². The predicted molar refractivity (Wildman–Crippen MR) is 84.0 cm³/mol. The van der Waals surface area contributed by atoms with Crippen LogP contribution in [-0.4, -0.2) is 13.5 Å². The Balaban J connectivity index is 2.36. The molecule has 0 aliphatic carbocycles. The lowest BCUT2D eigenvalue weighted by Gasteiger charge is -2.12. The van der Waals surface area contributed by atoms with Gasteiger partial charge in [-0.3, -0.25) is 4.72 Å². The Kier molecular flexibility index (Phi) is 4.88. The van der Waals surface area contributed by atoms with Gasteiger partial charge in [0.25, 0.3) is 10.0 Å². The number of benzene rings is 2. The second-order valence-corrected chi connectivity index (χ2v) is 6.62. The van der Waals surface area contributed by atoms with Gasteiger partial charge in [-0.2, -0.15) is 0 Å². The average Bonchev–Trinajstić information content (AvgIpc) is 2.47. The number of para-hydroxylation sites is 1. The summed E-state index contributed by atoms with van der Waals surface area (Å²) < 4.78 is 27.3. The van der Waals surface area contributed by atoms with Gasteiger partial charge in [0.05, 0.1) is 17.2 Å². The highest BCUT2D eigenvalue weighted by Gasteiger charge is 2.17. The van der Waals surface area contributed by atoms with Crippen LogP contribution in [0.25, 0.3) is 0 Å². The number of nitrogens with one attached hydrogen (secondary N) is 1. The summed E-state index contributed by atoms with van der Waals surface area (Å²) in [6.45, 7) is 1.73. The highest BCUT2D eigenvalue weighted by Crippen LogP contribution is 2.24. The quantitative estimate of drug-likeness (QED) is 0.887.